The van der Waals surface area contributed by atoms with Gasteiger partial charge in [-0.1, -0.05) is 25.9 Å². The van der Waals surface area contributed by atoms with Crippen molar-refractivity contribution in [3.63, 3.8) is 0 Å². The number of hydrogen-bond donors (Lipinski definition) is 0. The van der Waals surface area contributed by atoms with E-state index in [-0.39, 0.29) is 0 Å². The predicted molar refractivity (Wildman–Crippen MR) is 58.3 cm³/mol. The molecule has 0 amide bonds. The van der Waals surface area contributed by atoms with Crippen molar-refractivity contribution in [1.82, 2.24) is 0 Å². The van der Waals surface area contributed by atoms with Crippen molar-refractivity contribution in [2.45, 2.75) is 52.6 Å². The van der Waals surface area contributed by atoms with E-state index in [1.807, 2.05) is 0 Å². The molecule has 2 nitrogen and oxygen atoms in total. The molecule has 0 aromatic carbocycles. The van der Waals surface area contributed by atoms with E-state index in [0.717, 1.165) is 5.92 Å². The first-order chi connectivity index (χ1) is 6.76. The Morgan fingerprint density at radius 1 is 1.36 bits per heavy atom. The maximum absolute atomic E-state index is 5.53. The predicted octanol–water partition coefficient (Wildman–Crippen LogP) is 3.22. The zero-order valence-electron chi connectivity index (χ0n) is 9.49. The SMILES string of the molecule is CCC(CC)C1=NOC2CC(C)CC12. The van der Waals surface area contributed by atoms with Gasteiger partial charge in [0.15, 0.2) is 0 Å². The Balaban J connectivity index is 2.07. The summed E-state index contributed by atoms with van der Waals surface area (Å²) < 4.78 is 0. The van der Waals surface area contributed by atoms with Gasteiger partial charge < -0.3 is 4.84 Å². The Morgan fingerprint density at radius 3 is 2.71 bits per heavy atom. The lowest BCUT2D eigenvalue weighted by atomic mass is 9.86. The molecular formula is C12H21NO. The quantitative estimate of drug-likeness (QED) is 0.677. The molecule has 1 heterocycles. The van der Waals surface area contributed by atoms with E-state index in [0.29, 0.717) is 17.9 Å². The molecule has 1 fully saturated rings. The second kappa shape index (κ2) is 3.92. The molecule has 0 aromatic rings. The minimum absolute atomic E-state index is 0.417. The van der Waals surface area contributed by atoms with Gasteiger partial charge in [0.25, 0.3) is 0 Å². The van der Waals surface area contributed by atoms with Crippen LogP contribution in [0.25, 0.3) is 0 Å². The lowest BCUT2D eigenvalue weighted by molar-refractivity contribution is 0.0721. The maximum atomic E-state index is 5.53. The third kappa shape index (κ3) is 1.55. The molecule has 2 aliphatic rings. The number of oxime groups is 1. The smallest absolute Gasteiger partial charge is 0.135 e. The van der Waals surface area contributed by atoms with E-state index in [2.05, 4.69) is 25.9 Å². The van der Waals surface area contributed by atoms with E-state index >= 15 is 0 Å². The van der Waals surface area contributed by atoms with E-state index in [9.17, 15) is 0 Å². The van der Waals surface area contributed by atoms with Crippen molar-refractivity contribution in [1.29, 1.82) is 0 Å². The van der Waals surface area contributed by atoms with Crippen LogP contribution in [-0.2, 0) is 4.84 Å². The number of rotatable bonds is 3. The largest absolute Gasteiger partial charge is 0.392 e. The van der Waals surface area contributed by atoms with Gasteiger partial charge in [0.1, 0.15) is 6.10 Å². The Labute approximate surface area is 86.7 Å². The first kappa shape index (κ1) is 10.0. The molecule has 0 bridgehead atoms. The first-order valence-electron chi connectivity index (χ1n) is 5.99. The lowest BCUT2D eigenvalue weighted by Gasteiger charge is -2.16. The third-order valence-corrected chi connectivity index (χ3v) is 3.82. The third-order valence-electron chi connectivity index (χ3n) is 3.82. The molecule has 0 N–H and O–H groups in total. The van der Waals surface area contributed by atoms with Crippen LogP contribution >= 0.6 is 0 Å². The fourth-order valence-corrected chi connectivity index (χ4v) is 2.95. The van der Waals surface area contributed by atoms with Crippen LogP contribution in [0.2, 0.25) is 0 Å². The highest BCUT2D eigenvalue weighted by atomic mass is 16.6. The Morgan fingerprint density at radius 2 is 2.07 bits per heavy atom. The number of hydrogen-bond acceptors (Lipinski definition) is 2. The molecule has 2 rings (SSSR count). The van der Waals surface area contributed by atoms with Crippen LogP contribution in [0.5, 0.6) is 0 Å². The second-order valence-electron chi connectivity index (χ2n) is 4.86. The van der Waals surface area contributed by atoms with Crippen LogP contribution in [0.4, 0.5) is 0 Å². The highest BCUT2D eigenvalue weighted by Gasteiger charge is 2.42. The average molecular weight is 195 g/mol. The summed E-state index contributed by atoms with van der Waals surface area (Å²) >= 11 is 0. The normalized spacial score (nSPS) is 35.7. The summed E-state index contributed by atoms with van der Waals surface area (Å²) in [6, 6.07) is 0. The van der Waals surface area contributed by atoms with Crippen LogP contribution in [0.15, 0.2) is 5.16 Å². The average Bonchev–Trinajstić information content (AvgIpc) is 2.68. The van der Waals surface area contributed by atoms with E-state index in [1.165, 1.54) is 31.4 Å². The van der Waals surface area contributed by atoms with Crippen molar-refractivity contribution in [3.05, 3.63) is 0 Å². The van der Waals surface area contributed by atoms with E-state index < -0.39 is 0 Å². The summed E-state index contributed by atoms with van der Waals surface area (Å²) in [6.07, 6.45) is 5.32. The van der Waals surface area contributed by atoms with Gasteiger partial charge in [-0.25, -0.2) is 0 Å². The molecule has 0 aromatic heterocycles. The Bertz CT molecular complexity index is 232. The van der Waals surface area contributed by atoms with E-state index in [1.54, 1.807) is 0 Å². The molecule has 0 spiro atoms. The highest BCUT2D eigenvalue weighted by molar-refractivity contribution is 5.90. The summed E-state index contributed by atoms with van der Waals surface area (Å²) in [7, 11) is 0. The summed E-state index contributed by atoms with van der Waals surface area (Å²) in [5.74, 6) is 2.13. The second-order valence-corrected chi connectivity index (χ2v) is 4.86. The lowest BCUT2D eigenvalue weighted by Crippen LogP contribution is -2.23. The zero-order valence-corrected chi connectivity index (χ0v) is 9.49. The molecule has 14 heavy (non-hydrogen) atoms. The van der Waals surface area contributed by atoms with Gasteiger partial charge in [-0.2, -0.15) is 0 Å². The molecule has 3 atom stereocenters. The van der Waals surface area contributed by atoms with Crippen LogP contribution in [0, 0.1) is 17.8 Å². The van der Waals surface area contributed by atoms with Gasteiger partial charge in [0.2, 0.25) is 0 Å². The summed E-state index contributed by atoms with van der Waals surface area (Å²) in [6.45, 7) is 6.83. The van der Waals surface area contributed by atoms with Crippen LogP contribution in [-0.4, -0.2) is 11.8 Å². The monoisotopic (exact) mass is 195 g/mol. The van der Waals surface area contributed by atoms with Crippen molar-refractivity contribution in [2.75, 3.05) is 0 Å². The van der Waals surface area contributed by atoms with Crippen molar-refractivity contribution in [2.24, 2.45) is 22.9 Å². The Hall–Kier alpha value is -0.530. The fourth-order valence-electron chi connectivity index (χ4n) is 2.95. The van der Waals surface area contributed by atoms with Crippen molar-refractivity contribution < 1.29 is 4.84 Å². The van der Waals surface area contributed by atoms with E-state index in [4.69, 9.17) is 4.84 Å². The summed E-state index contributed by atoms with van der Waals surface area (Å²) in [5, 5.41) is 4.31. The zero-order chi connectivity index (χ0) is 10.1. The molecule has 1 aliphatic heterocycles. The Kier molecular flexibility index (Phi) is 2.80. The van der Waals surface area contributed by atoms with Gasteiger partial charge in [-0.05, 0) is 31.6 Å². The molecular weight excluding hydrogens is 174 g/mol. The van der Waals surface area contributed by atoms with Crippen LogP contribution < -0.4 is 0 Å². The van der Waals surface area contributed by atoms with Crippen LogP contribution in [0.3, 0.4) is 0 Å². The van der Waals surface area contributed by atoms with Gasteiger partial charge in [-0.3, -0.25) is 0 Å². The van der Waals surface area contributed by atoms with Crippen molar-refractivity contribution in [3.8, 4) is 0 Å². The van der Waals surface area contributed by atoms with Gasteiger partial charge in [0.05, 0.1) is 5.71 Å². The minimum Gasteiger partial charge on any atom is -0.392 e. The minimum atomic E-state index is 0.417. The number of fused-ring (bicyclic) bond motifs is 1. The van der Waals surface area contributed by atoms with Crippen LogP contribution in [0.1, 0.15) is 46.5 Å². The molecule has 0 radical (unpaired) electrons. The van der Waals surface area contributed by atoms with Gasteiger partial charge in [0, 0.05) is 11.8 Å². The summed E-state index contributed by atoms with van der Waals surface area (Å²) in [5.41, 5.74) is 1.37. The standard InChI is InChI=1S/C12H21NO/c1-4-9(5-2)12-10-6-8(3)7-11(10)14-13-12/h8-11H,4-7H2,1-3H3. The first-order valence-corrected chi connectivity index (χ1v) is 5.99. The van der Waals surface area contributed by atoms with Gasteiger partial charge in [-0.15, -0.1) is 0 Å². The number of nitrogens with zero attached hydrogens (tertiary/aromatic N) is 1. The molecule has 0 saturated heterocycles. The maximum Gasteiger partial charge on any atom is 0.135 e. The molecule has 2 heteroatoms. The fraction of sp³-hybridized carbons (Fsp3) is 0.917. The summed E-state index contributed by atoms with van der Waals surface area (Å²) in [4.78, 5) is 5.53. The topological polar surface area (TPSA) is 21.6 Å². The van der Waals surface area contributed by atoms with Gasteiger partial charge >= 0.3 is 0 Å². The molecule has 80 valence electrons. The van der Waals surface area contributed by atoms with Crippen molar-refractivity contribution >= 4 is 5.71 Å². The molecule has 1 aliphatic carbocycles. The molecule has 1 saturated carbocycles. The molecule has 3 unspecified atom stereocenters. The highest BCUT2D eigenvalue weighted by Crippen LogP contribution is 2.40.